The third kappa shape index (κ3) is 1.99. The normalized spacial score (nSPS) is 29.2. The fourth-order valence-electron chi connectivity index (χ4n) is 3.69. The summed E-state index contributed by atoms with van der Waals surface area (Å²) in [4.78, 5) is 25.8. The molecule has 1 amide bonds. The lowest BCUT2D eigenvalue weighted by Gasteiger charge is -2.32. The minimum Gasteiger partial charge on any atom is -0.480 e. The number of carboxylic acid groups (broad SMARTS) is 1. The number of amides is 1. The highest BCUT2D eigenvalue weighted by molar-refractivity contribution is 5.95. The molecule has 3 rings (SSSR count). The van der Waals surface area contributed by atoms with Crippen LogP contribution in [-0.2, 0) is 11.8 Å². The van der Waals surface area contributed by atoms with Crippen molar-refractivity contribution in [2.24, 2.45) is 13.0 Å². The van der Waals surface area contributed by atoms with Gasteiger partial charge in [0.1, 0.15) is 11.7 Å². The topological polar surface area (TPSA) is 75.4 Å². The van der Waals surface area contributed by atoms with Crippen molar-refractivity contribution in [1.82, 2.24) is 14.7 Å². The van der Waals surface area contributed by atoms with Gasteiger partial charge in [-0.15, -0.1) is 0 Å². The second kappa shape index (κ2) is 4.92. The van der Waals surface area contributed by atoms with Crippen LogP contribution in [0.3, 0.4) is 0 Å². The molecule has 1 saturated carbocycles. The summed E-state index contributed by atoms with van der Waals surface area (Å²) >= 11 is 0. The summed E-state index contributed by atoms with van der Waals surface area (Å²) in [6, 6.07) is 1.04. The zero-order valence-corrected chi connectivity index (χ0v) is 11.5. The number of nitrogens with zero attached hydrogens (tertiary/aromatic N) is 3. The molecule has 6 heteroatoms. The van der Waals surface area contributed by atoms with Gasteiger partial charge in [-0.05, 0) is 31.2 Å². The molecule has 0 aromatic carbocycles. The van der Waals surface area contributed by atoms with Crippen LogP contribution >= 0.6 is 0 Å². The summed E-state index contributed by atoms with van der Waals surface area (Å²) in [5.74, 6) is -0.760. The highest BCUT2D eigenvalue weighted by Crippen LogP contribution is 2.40. The first-order chi connectivity index (χ1) is 9.59. The van der Waals surface area contributed by atoms with Gasteiger partial charge in [-0.2, -0.15) is 5.10 Å². The smallest absolute Gasteiger partial charge is 0.326 e. The Morgan fingerprint density at radius 1 is 1.35 bits per heavy atom. The van der Waals surface area contributed by atoms with Gasteiger partial charge in [-0.1, -0.05) is 12.8 Å². The molecular weight excluding hydrogens is 258 g/mol. The molecular formula is C14H19N3O3. The largest absolute Gasteiger partial charge is 0.480 e. The van der Waals surface area contributed by atoms with Crippen molar-refractivity contribution < 1.29 is 14.7 Å². The predicted molar refractivity (Wildman–Crippen MR) is 71.2 cm³/mol. The molecule has 20 heavy (non-hydrogen) atoms. The van der Waals surface area contributed by atoms with Crippen LogP contribution in [0.15, 0.2) is 12.3 Å². The molecule has 1 aromatic heterocycles. The lowest BCUT2D eigenvalue weighted by molar-refractivity contribution is -0.141. The van der Waals surface area contributed by atoms with E-state index in [-0.39, 0.29) is 11.9 Å². The fourth-order valence-corrected chi connectivity index (χ4v) is 3.69. The molecule has 1 N–H and O–H groups in total. The van der Waals surface area contributed by atoms with E-state index in [1.165, 1.54) is 4.68 Å². The van der Waals surface area contributed by atoms with E-state index in [1.807, 2.05) is 0 Å². The fraction of sp³-hybridized carbons (Fsp3) is 0.643. The third-order valence-electron chi connectivity index (χ3n) is 4.65. The standard InChI is InChI=1S/C14H19N3O3/c1-16-11(6-7-15-16)13(18)17-10-5-3-2-4-9(10)8-12(17)14(19)20/h6-7,9-10,12H,2-5,8H2,1H3,(H,19,20)/t9-,10-,12-/m0/s1. The second-order valence-electron chi connectivity index (χ2n) is 5.75. The van der Waals surface area contributed by atoms with Gasteiger partial charge >= 0.3 is 5.97 Å². The van der Waals surface area contributed by atoms with Crippen molar-refractivity contribution in [3.05, 3.63) is 18.0 Å². The van der Waals surface area contributed by atoms with Gasteiger partial charge in [-0.25, -0.2) is 4.79 Å². The Kier molecular flexibility index (Phi) is 3.23. The number of carbonyl (C=O) groups is 2. The predicted octanol–water partition coefficient (Wildman–Crippen LogP) is 1.28. The molecule has 108 valence electrons. The summed E-state index contributed by atoms with van der Waals surface area (Å²) in [5.41, 5.74) is 0.461. The van der Waals surface area contributed by atoms with Crippen LogP contribution in [0.4, 0.5) is 0 Å². The molecule has 2 fully saturated rings. The summed E-state index contributed by atoms with van der Waals surface area (Å²) < 4.78 is 1.51. The highest BCUT2D eigenvalue weighted by atomic mass is 16.4. The molecule has 2 heterocycles. The number of likely N-dealkylation sites (tertiary alicyclic amines) is 1. The van der Waals surface area contributed by atoms with E-state index in [1.54, 1.807) is 24.2 Å². The molecule has 1 aliphatic carbocycles. The Balaban J connectivity index is 1.93. The lowest BCUT2D eigenvalue weighted by Crippen LogP contribution is -2.46. The van der Waals surface area contributed by atoms with Gasteiger partial charge in [0, 0.05) is 19.3 Å². The van der Waals surface area contributed by atoms with Crippen LogP contribution in [0.2, 0.25) is 0 Å². The second-order valence-corrected chi connectivity index (χ2v) is 5.75. The minimum absolute atomic E-state index is 0.0762. The number of fused-ring (bicyclic) bond motifs is 1. The monoisotopic (exact) mass is 277 g/mol. The van der Waals surface area contributed by atoms with E-state index in [9.17, 15) is 14.7 Å². The Bertz CT molecular complexity index is 540. The molecule has 0 spiro atoms. The van der Waals surface area contributed by atoms with Gasteiger partial charge in [-0.3, -0.25) is 9.48 Å². The molecule has 2 aliphatic rings. The van der Waals surface area contributed by atoms with Crippen LogP contribution in [0.25, 0.3) is 0 Å². The minimum atomic E-state index is -0.894. The van der Waals surface area contributed by atoms with Gasteiger partial charge < -0.3 is 10.0 Å². The van der Waals surface area contributed by atoms with Crippen molar-refractivity contribution in [2.75, 3.05) is 0 Å². The van der Waals surface area contributed by atoms with Gasteiger partial charge in [0.15, 0.2) is 0 Å². The van der Waals surface area contributed by atoms with E-state index < -0.39 is 12.0 Å². The number of aromatic nitrogens is 2. The number of hydrogen-bond acceptors (Lipinski definition) is 3. The van der Waals surface area contributed by atoms with Gasteiger partial charge in [0.2, 0.25) is 0 Å². The van der Waals surface area contributed by atoms with E-state index in [4.69, 9.17) is 0 Å². The van der Waals surface area contributed by atoms with Crippen LogP contribution in [-0.4, -0.2) is 43.7 Å². The molecule has 0 bridgehead atoms. The maximum absolute atomic E-state index is 12.7. The van der Waals surface area contributed by atoms with Crippen LogP contribution in [0, 0.1) is 5.92 Å². The summed E-state index contributed by atoms with van der Waals surface area (Å²) in [5, 5.41) is 13.4. The maximum Gasteiger partial charge on any atom is 0.326 e. The first-order valence-corrected chi connectivity index (χ1v) is 7.13. The molecule has 3 atom stereocenters. The zero-order valence-electron chi connectivity index (χ0n) is 11.5. The molecule has 0 unspecified atom stereocenters. The van der Waals surface area contributed by atoms with Crippen LogP contribution in [0.1, 0.15) is 42.6 Å². The average molecular weight is 277 g/mol. The zero-order chi connectivity index (χ0) is 14.3. The summed E-state index contributed by atoms with van der Waals surface area (Å²) in [6.07, 6.45) is 6.31. The summed E-state index contributed by atoms with van der Waals surface area (Å²) in [6.45, 7) is 0. The number of aliphatic carboxylic acids is 1. The number of aryl methyl sites for hydroxylation is 1. The Morgan fingerprint density at radius 3 is 2.75 bits per heavy atom. The van der Waals surface area contributed by atoms with E-state index in [2.05, 4.69) is 5.10 Å². The van der Waals surface area contributed by atoms with Gasteiger partial charge in [0.25, 0.3) is 5.91 Å². The molecule has 0 radical (unpaired) electrons. The number of hydrogen-bond donors (Lipinski definition) is 1. The average Bonchev–Trinajstić information content (AvgIpc) is 3.01. The van der Waals surface area contributed by atoms with Crippen LogP contribution < -0.4 is 0 Å². The Labute approximate surface area is 117 Å². The first-order valence-electron chi connectivity index (χ1n) is 7.13. The quantitative estimate of drug-likeness (QED) is 0.883. The molecule has 6 nitrogen and oxygen atoms in total. The summed E-state index contributed by atoms with van der Waals surface area (Å²) in [7, 11) is 1.71. The van der Waals surface area contributed by atoms with E-state index in [0.717, 1.165) is 25.7 Å². The number of rotatable bonds is 2. The number of carboxylic acids is 1. The maximum atomic E-state index is 12.7. The first kappa shape index (κ1) is 13.1. The van der Waals surface area contributed by atoms with E-state index in [0.29, 0.717) is 18.0 Å². The van der Waals surface area contributed by atoms with Crippen LogP contribution in [0.5, 0.6) is 0 Å². The van der Waals surface area contributed by atoms with Crippen molar-refractivity contribution in [3.8, 4) is 0 Å². The van der Waals surface area contributed by atoms with Crippen molar-refractivity contribution in [1.29, 1.82) is 0 Å². The Morgan fingerprint density at radius 2 is 2.10 bits per heavy atom. The highest BCUT2D eigenvalue weighted by Gasteiger charge is 2.48. The van der Waals surface area contributed by atoms with Crippen molar-refractivity contribution in [3.63, 3.8) is 0 Å². The van der Waals surface area contributed by atoms with Crippen molar-refractivity contribution >= 4 is 11.9 Å². The number of carbonyl (C=O) groups excluding carboxylic acids is 1. The third-order valence-corrected chi connectivity index (χ3v) is 4.65. The molecule has 1 saturated heterocycles. The molecule has 1 aromatic rings. The van der Waals surface area contributed by atoms with Gasteiger partial charge in [0.05, 0.1) is 0 Å². The lowest BCUT2D eigenvalue weighted by atomic mass is 9.84. The van der Waals surface area contributed by atoms with Crippen molar-refractivity contribution in [2.45, 2.75) is 44.2 Å². The SMILES string of the molecule is Cn1nccc1C(=O)N1[C@H](C(=O)O)C[C@@H]2CCCC[C@@H]21. The molecule has 1 aliphatic heterocycles. The van der Waals surface area contributed by atoms with E-state index >= 15 is 0 Å². The Hall–Kier alpha value is -1.85.